The molecule has 0 aliphatic carbocycles. The van der Waals surface area contributed by atoms with Gasteiger partial charge in [0.15, 0.2) is 4.75 Å². The summed E-state index contributed by atoms with van der Waals surface area (Å²) in [6.07, 6.45) is 0.476. The second-order valence-electron chi connectivity index (χ2n) is 8.05. The number of amides is 1. The van der Waals surface area contributed by atoms with Crippen LogP contribution >= 0.6 is 11.8 Å². The van der Waals surface area contributed by atoms with Crippen molar-refractivity contribution in [3.05, 3.63) is 53.6 Å². The Kier molecular flexibility index (Phi) is 5.48. The van der Waals surface area contributed by atoms with Gasteiger partial charge in [-0.3, -0.25) is 9.10 Å². The van der Waals surface area contributed by atoms with E-state index in [2.05, 4.69) is 5.32 Å². The first-order valence-electron chi connectivity index (χ1n) is 9.97. The van der Waals surface area contributed by atoms with Crippen molar-refractivity contribution in [2.45, 2.75) is 38.0 Å². The van der Waals surface area contributed by atoms with Crippen LogP contribution in [0.15, 0.2) is 42.5 Å². The van der Waals surface area contributed by atoms with Crippen LogP contribution in [0.4, 0.5) is 11.4 Å². The van der Waals surface area contributed by atoms with Gasteiger partial charge in [-0.15, -0.1) is 0 Å². The molecule has 0 aromatic heterocycles. The van der Waals surface area contributed by atoms with Gasteiger partial charge in [0.2, 0.25) is 15.9 Å². The molecule has 2 aliphatic rings. The minimum atomic E-state index is -3.87. The average Bonchev–Trinajstić information content (AvgIpc) is 2.90. The number of nitrogens with zero attached hydrogens (tertiary/aromatic N) is 1. The number of para-hydroxylation sites is 1. The Morgan fingerprint density at radius 1 is 1.13 bits per heavy atom. The smallest absolute Gasteiger partial charge is 0.249 e. The van der Waals surface area contributed by atoms with Gasteiger partial charge in [0.05, 0.1) is 5.69 Å². The minimum absolute atomic E-state index is 0.232. The summed E-state index contributed by atoms with van der Waals surface area (Å²) in [5.41, 5.74) is 2.98. The highest BCUT2D eigenvalue weighted by Gasteiger charge is 2.55. The van der Waals surface area contributed by atoms with Crippen LogP contribution in [0.1, 0.15) is 24.5 Å². The number of anilines is 2. The van der Waals surface area contributed by atoms with E-state index in [1.54, 1.807) is 24.3 Å². The third kappa shape index (κ3) is 3.56. The molecule has 2 saturated heterocycles. The molecule has 0 unspecified atom stereocenters. The summed E-state index contributed by atoms with van der Waals surface area (Å²) in [7, 11) is -3.87. The molecule has 2 fully saturated rings. The number of aryl methyl sites for hydroxylation is 2. The lowest BCUT2D eigenvalue weighted by Crippen LogP contribution is -2.47. The molecule has 0 bridgehead atoms. The van der Waals surface area contributed by atoms with Gasteiger partial charge in [-0.2, -0.15) is 11.8 Å². The Bertz CT molecular complexity index is 1040. The monoisotopic (exact) mass is 446 g/mol. The molecule has 4 rings (SSSR count). The normalized spacial score (nSPS) is 23.1. The van der Waals surface area contributed by atoms with Crippen molar-refractivity contribution >= 4 is 39.1 Å². The van der Waals surface area contributed by atoms with Crippen LogP contribution in [-0.4, -0.2) is 43.2 Å². The largest absolute Gasteiger partial charge is 0.489 e. The Morgan fingerprint density at radius 2 is 1.77 bits per heavy atom. The fourth-order valence-electron chi connectivity index (χ4n) is 3.82. The molecule has 30 heavy (non-hydrogen) atoms. The van der Waals surface area contributed by atoms with E-state index < -0.39 is 20.7 Å². The van der Waals surface area contributed by atoms with Gasteiger partial charge in [0, 0.05) is 23.7 Å². The first-order valence-corrected chi connectivity index (χ1v) is 12.6. The Labute approximate surface area is 182 Å². The lowest BCUT2D eigenvalue weighted by atomic mass is 10.1. The topological polar surface area (TPSA) is 75.7 Å². The van der Waals surface area contributed by atoms with Crippen molar-refractivity contribution < 1.29 is 17.9 Å². The molecule has 8 heteroatoms. The SMILES string of the molecule is Cc1cccc(C)c1N1CC[C@@](C)(C(=O)Nc2ccc(OC3CSC3)cc2)S1(=O)=O. The second-order valence-corrected chi connectivity index (χ2v) is 11.4. The van der Waals surface area contributed by atoms with Gasteiger partial charge in [-0.05, 0) is 62.6 Å². The molecular weight excluding hydrogens is 420 g/mol. The molecule has 1 amide bonds. The minimum Gasteiger partial charge on any atom is -0.489 e. The molecule has 1 N–H and O–H groups in total. The number of hydrogen-bond acceptors (Lipinski definition) is 5. The highest BCUT2D eigenvalue weighted by atomic mass is 32.2. The maximum atomic E-state index is 13.4. The number of benzene rings is 2. The molecule has 0 saturated carbocycles. The first-order chi connectivity index (χ1) is 14.2. The van der Waals surface area contributed by atoms with Crippen molar-refractivity contribution in [3.63, 3.8) is 0 Å². The summed E-state index contributed by atoms with van der Waals surface area (Å²) in [6, 6.07) is 12.8. The van der Waals surface area contributed by atoms with E-state index in [1.165, 1.54) is 11.2 Å². The summed E-state index contributed by atoms with van der Waals surface area (Å²) < 4.78 is 32.5. The number of carbonyl (C=O) groups is 1. The quantitative estimate of drug-likeness (QED) is 0.757. The van der Waals surface area contributed by atoms with E-state index in [1.807, 2.05) is 43.8 Å². The Balaban J connectivity index is 1.52. The standard InChI is InChI=1S/C22H26N2O4S2/c1-15-5-4-6-16(2)20(15)24-12-11-22(3,30(24,26)27)21(25)23-17-7-9-18(10-8-17)28-19-13-29-14-19/h4-10,19H,11-14H2,1-3H3,(H,23,25)/t22-/m0/s1. The van der Waals surface area contributed by atoms with Crippen molar-refractivity contribution in [3.8, 4) is 5.75 Å². The van der Waals surface area contributed by atoms with E-state index >= 15 is 0 Å². The Hall–Kier alpha value is -2.19. The molecule has 1 atom stereocenters. The number of nitrogens with one attached hydrogen (secondary N) is 1. The average molecular weight is 447 g/mol. The third-order valence-electron chi connectivity index (χ3n) is 5.84. The maximum Gasteiger partial charge on any atom is 0.249 e. The first kappa shape index (κ1) is 21.1. The van der Waals surface area contributed by atoms with Crippen molar-refractivity contribution in [2.75, 3.05) is 27.7 Å². The molecule has 160 valence electrons. The van der Waals surface area contributed by atoms with Gasteiger partial charge in [0.25, 0.3) is 0 Å². The molecule has 2 heterocycles. The molecule has 0 radical (unpaired) electrons. The fraction of sp³-hybridized carbons (Fsp3) is 0.409. The summed E-state index contributed by atoms with van der Waals surface area (Å²) in [5.74, 6) is 2.22. The van der Waals surface area contributed by atoms with Crippen LogP contribution in [0, 0.1) is 13.8 Å². The fourth-order valence-corrected chi connectivity index (χ4v) is 6.37. The zero-order chi connectivity index (χ0) is 21.5. The van der Waals surface area contributed by atoms with Crippen molar-refractivity contribution in [2.24, 2.45) is 0 Å². The highest BCUT2D eigenvalue weighted by Crippen LogP contribution is 2.40. The van der Waals surface area contributed by atoms with Crippen LogP contribution < -0.4 is 14.4 Å². The molecule has 2 aliphatic heterocycles. The van der Waals surface area contributed by atoms with Crippen LogP contribution in [0.3, 0.4) is 0 Å². The summed E-state index contributed by atoms with van der Waals surface area (Å²) in [6.45, 7) is 5.57. The number of rotatable bonds is 5. The van der Waals surface area contributed by atoms with Gasteiger partial charge < -0.3 is 10.1 Å². The lowest BCUT2D eigenvalue weighted by molar-refractivity contribution is -0.118. The molecule has 2 aromatic rings. The van der Waals surface area contributed by atoms with Gasteiger partial charge in [-0.1, -0.05) is 18.2 Å². The molecule has 6 nitrogen and oxygen atoms in total. The van der Waals surface area contributed by atoms with Crippen molar-refractivity contribution in [1.82, 2.24) is 0 Å². The van der Waals surface area contributed by atoms with E-state index in [9.17, 15) is 13.2 Å². The zero-order valence-corrected chi connectivity index (χ0v) is 19.0. The number of hydrogen-bond donors (Lipinski definition) is 1. The zero-order valence-electron chi connectivity index (χ0n) is 17.3. The van der Waals surface area contributed by atoms with Gasteiger partial charge in [0.1, 0.15) is 11.9 Å². The van der Waals surface area contributed by atoms with Gasteiger partial charge >= 0.3 is 0 Å². The van der Waals surface area contributed by atoms with E-state index in [0.29, 0.717) is 11.4 Å². The van der Waals surface area contributed by atoms with E-state index in [4.69, 9.17) is 4.74 Å². The lowest BCUT2D eigenvalue weighted by Gasteiger charge is -2.27. The number of carbonyl (C=O) groups excluding carboxylic acids is 1. The van der Waals surface area contributed by atoms with Crippen LogP contribution in [0.2, 0.25) is 0 Å². The molecule has 2 aromatic carbocycles. The van der Waals surface area contributed by atoms with E-state index in [0.717, 1.165) is 28.4 Å². The number of ether oxygens (including phenoxy) is 1. The summed E-state index contributed by atoms with van der Waals surface area (Å²) in [4.78, 5) is 13.1. The Morgan fingerprint density at radius 3 is 2.33 bits per heavy atom. The van der Waals surface area contributed by atoms with Crippen LogP contribution in [0.25, 0.3) is 0 Å². The number of sulfonamides is 1. The summed E-state index contributed by atoms with van der Waals surface area (Å²) in [5, 5.41) is 2.79. The van der Waals surface area contributed by atoms with Crippen LogP contribution in [0.5, 0.6) is 5.75 Å². The molecular formula is C22H26N2O4S2. The second kappa shape index (κ2) is 7.81. The number of thioether (sulfide) groups is 1. The highest BCUT2D eigenvalue weighted by molar-refractivity contribution is 8.00. The van der Waals surface area contributed by atoms with Crippen molar-refractivity contribution in [1.29, 1.82) is 0 Å². The van der Waals surface area contributed by atoms with Crippen LogP contribution in [-0.2, 0) is 14.8 Å². The third-order valence-corrected chi connectivity index (χ3v) is 9.53. The summed E-state index contributed by atoms with van der Waals surface area (Å²) >= 11 is 1.85. The predicted molar refractivity (Wildman–Crippen MR) is 122 cm³/mol. The van der Waals surface area contributed by atoms with Gasteiger partial charge in [-0.25, -0.2) is 8.42 Å². The maximum absolute atomic E-state index is 13.4. The van der Waals surface area contributed by atoms with E-state index in [-0.39, 0.29) is 19.1 Å². The predicted octanol–water partition coefficient (Wildman–Crippen LogP) is 3.73. The molecule has 0 spiro atoms.